The molecule has 1 aromatic rings. The molecule has 3 unspecified atom stereocenters. The van der Waals surface area contributed by atoms with E-state index in [9.17, 15) is 28.8 Å². The van der Waals surface area contributed by atoms with Crippen LogP contribution in [0.2, 0.25) is 0 Å². The molecule has 1 rings (SSSR count). The average molecular weight is 455 g/mol. The van der Waals surface area contributed by atoms with Crippen LogP contribution >= 0.6 is 0 Å². The van der Waals surface area contributed by atoms with Crippen LogP contribution in [0.1, 0.15) is 25.0 Å². The predicted molar refractivity (Wildman–Crippen MR) is 105 cm³/mol. The fraction of sp³-hybridized carbons (Fsp3) is 0.471. The van der Waals surface area contributed by atoms with Gasteiger partial charge in [-0.2, -0.15) is 0 Å². The van der Waals surface area contributed by atoms with Gasteiger partial charge >= 0.3 is 11.9 Å². The van der Waals surface area contributed by atoms with Crippen molar-refractivity contribution in [3.05, 3.63) is 18.2 Å². The summed E-state index contributed by atoms with van der Waals surface area (Å²) >= 11 is 0. The number of imidazole rings is 1. The number of hydrogen-bond acceptors (Lipinski definition) is 8. The van der Waals surface area contributed by atoms with Crippen molar-refractivity contribution < 1.29 is 39.0 Å². The van der Waals surface area contributed by atoms with Crippen molar-refractivity contribution in [3.63, 3.8) is 0 Å². The predicted octanol–water partition coefficient (Wildman–Crippen LogP) is -3.81. The number of aromatic amines is 1. The van der Waals surface area contributed by atoms with E-state index < -0.39 is 73.1 Å². The highest BCUT2D eigenvalue weighted by atomic mass is 16.4. The number of H-pyrrole nitrogens is 1. The lowest BCUT2D eigenvalue weighted by atomic mass is 10.1. The Hall–Kier alpha value is -4.01. The zero-order valence-electron chi connectivity index (χ0n) is 16.9. The Morgan fingerprint density at radius 3 is 2.19 bits per heavy atom. The second-order valence-electron chi connectivity index (χ2n) is 6.72. The van der Waals surface area contributed by atoms with E-state index in [0.717, 1.165) is 0 Å². The summed E-state index contributed by atoms with van der Waals surface area (Å²) in [5, 5.41) is 24.0. The number of nitrogens with zero attached hydrogens (tertiary/aromatic N) is 1. The van der Waals surface area contributed by atoms with E-state index in [0.29, 0.717) is 5.69 Å². The molecule has 15 nitrogen and oxygen atoms in total. The van der Waals surface area contributed by atoms with Crippen LogP contribution in [0.25, 0.3) is 0 Å². The zero-order chi connectivity index (χ0) is 24.3. The lowest BCUT2D eigenvalue weighted by molar-refractivity contribution is -0.139. The molecule has 0 bridgehead atoms. The summed E-state index contributed by atoms with van der Waals surface area (Å²) in [6.07, 6.45) is 1.39. The lowest BCUT2D eigenvalue weighted by Gasteiger charge is -2.23. The molecule has 0 saturated heterocycles. The van der Waals surface area contributed by atoms with Gasteiger partial charge in [-0.1, -0.05) is 0 Å². The Labute approximate surface area is 181 Å². The van der Waals surface area contributed by atoms with Gasteiger partial charge in [0.2, 0.25) is 23.6 Å². The summed E-state index contributed by atoms with van der Waals surface area (Å²) in [5.74, 6) is -6.32. The number of amides is 4. The second-order valence-corrected chi connectivity index (χ2v) is 6.72. The summed E-state index contributed by atoms with van der Waals surface area (Å²) in [7, 11) is 0. The average Bonchev–Trinajstić information content (AvgIpc) is 3.20. The maximum Gasteiger partial charge on any atom is 0.322 e. The third kappa shape index (κ3) is 9.66. The van der Waals surface area contributed by atoms with Crippen LogP contribution in [-0.2, 0) is 35.2 Å². The third-order valence-electron chi connectivity index (χ3n) is 4.06. The molecule has 0 saturated carbocycles. The molecule has 0 aliphatic heterocycles. The highest BCUT2D eigenvalue weighted by Crippen LogP contribution is 2.03. The molecule has 32 heavy (non-hydrogen) atoms. The van der Waals surface area contributed by atoms with Crippen LogP contribution in [0.4, 0.5) is 0 Å². The molecule has 0 aliphatic rings. The van der Waals surface area contributed by atoms with Gasteiger partial charge in [0, 0.05) is 24.7 Å². The van der Waals surface area contributed by atoms with Crippen molar-refractivity contribution >= 4 is 35.6 Å². The largest absolute Gasteiger partial charge is 0.481 e. The van der Waals surface area contributed by atoms with Gasteiger partial charge in [-0.25, -0.2) is 4.98 Å². The number of carbonyl (C=O) groups is 6. The molecule has 3 atom stereocenters. The first-order valence-corrected chi connectivity index (χ1v) is 9.32. The van der Waals surface area contributed by atoms with Gasteiger partial charge in [0.25, 0.3) is 0 Å². The van der Waals surface area contributed by atoms with Gasteiger partial charge < -0.3 is 42.6 Å². The maximum atomic E-state index is 12.6. The topological polar surface area (TPSA) is 260 Å². The van der Waals surface area contributed by atoms with E-state index in [1.54, 1.807) is 0 Å². The highest BCUT2D eigenvalue weighted by molar-refractivity contribution is 5.95. The van der Waals surface area contributed by atoms with Crippen LogP contribution < -0.4 is 27.4 Å². The molecule has 176 valence electrons. The smallest absolute Gasteiger partial charge is 0.322 e. The highest BCUT2D eigenvalue weighted by Gasteiger charge is 2.29. The fourth-order valence-electron chi connectivity index (χ4n) is 2.51. The first kappa shape index (κ1) is 26.0. The van der Waals surface area contributed by atoms with E-state index >= 15 is 0 Å². The van der Waals surface area contributed by atoms with Crippen LogP contribution in [0.5, 0.6) is 0 Å². The Kier molecular flexibility index (Phi) is 10.3. The Morgan fingerprint density at radius 1 is 1.00 bits per heavy atom. The van der Waals surface area contributed by atoms with Crippen molar-refractivity contribution in [1.29, 1.82) is 0 Å². The number of nitrogens with two attached hydrogens (primary N) is 2. The Morgan fingerprint density at radius 2 is 1.66 bits per heavy atom. The molecule has 1 heterocycles. The number of aliphatic carboxylic acids is 2. The van der Waals surface area contributed by atoms with Crippen LogP contribution in [0.3, 0.4) is 0 Å². The van der Waals surface area contributed by atoms with E-state index in [1.165, 1.54) is 12.5 Å². The van der Waals surface area contributed by atoms with Crippen molar-refractivity contribution in [2.75, 3.05) is 6.54 Å². The van der Waals surface area contributed by atoms with Crippen LogP contribution in [0, 0.1) is 0 Å². The van der Waals surface area contributed by atoms with Gasteiger partial charge in [-0.05, 0) is 6.42 Å². The summed E-state index contributed by atoms with van der Waals surface area (Å²) in [5.41, 5.74) is 11.4. The van der Waals surface area contributed by atoms with Gasteiger partial charge in [0.05, 0.1) is 18.8 Å². The van der Waals surface area contributed by atoms with E-state index in [4.69, 9.17) is 21.7 Å². The zero-order valence-corrected chi connectivity index (χ0v) is 16.9. The SMILES string of the molecule is NC(=O)CC(NC(=O)C(CCC(=O)O)NC(=O)C(N)Cc1cnc[nH]1)C(=O)NCC(=O)O. The minimum Gasteiger partial charge on any atom is -0.481 e. The molecular formula is C17H25N7O8. The van der Waals surface area contributed by atoms with Gasteiger partial charge in [0.15, 0.2) is 0 Å². The van der Waals surface area contributed by atoms with E-state index in [-0.39, 0.29) is 12.8 Å². The van der Waals surface area contributed by atoms with Gasteiger partial charge in [0.1, 0.15) is 18.6 Å². The molecule has 10 N–H and O–H groups in total. The van der Waals surface area contributed by atoms with Crippen molar-refractivity contribution in [2.45, 2.75) is 43.8 Å². The molecule has 0 fully saturated rings. The Balaban J connectivity index is 2.88. The molecule has 1 aromatic heterocycles. The number of primary amides is 1. The molecule has 0 aromatic carbocycles. The minimum absolute atomic E-state index is 0.0565. The number of carboxylic acids is 2. The van der Waals surface area contributed by atoms with Crippen LogP contribution in [0.15, 0.2) is 12.5 Å². The number of carboxylic acid groups (broad SMARTS) is 2. The first-order valence-electron chi connectivity index (χ1n) is 9.32. The number of hydrogen-bond donors (Lipinski definition) is 8. The van der Waals surface area contributed by atoms with Crippen molar-refractivity contribution in [3.8, 4) is 0 Å². The van der Waals surface area contributed by atoms with Crippen LogP contribution in [-0.4, -0.2) is 80.4 Å². The molecule has 0 aliphatic carbocycles. The lowest BCUT2D eigenvalue weighted by Crippen LogP contribution is -2.57. The number of rotatable bonds is 14. The molecular weight excluding hydrogens is 430 g/mol. The number of aromatic nitrogens is 2. The van der Waals surface area contributed by atoms with Gasteiger partial charge in [-0.3, -0.25) is 28.8 Å². The summed E-state index contributed by atoms with van der Waals surface area (Å²) < 4.78 is 0. The normalized spacial score (nSPS) is 13.3. The quantitative estimate of drug-likeness (QED) is 0.135. The summed E-state index contributed by atoms with van der Waals surface area (Å²) in [4.78, 5) is 76.5. The molecule has 15 heteroatoms. The summed E-state index contributed by atoms with van der Waals surface area (Å²) in [6.45, 7) is -0.772. The number of carbonyl (C=O) groups excluding carboxylic acids is 4. The third-order valence-corrected chi connectivity index (χ3v) is 4.06. The molecule has 0 radical (unpaired) electrons. The standard InChI is InChI=1S/C17H25N7O8/c18-9(3-8-5-20-7-22-8)15(30)23-10(1-2-13(26)27)17(32)24-11(4-12(19)25)16(31)21-6-14(28)29/h5,7,9-11H,1-4,6,18H2,(H2,19,25)(H,20,22)(H,21,31)(H,23,30)(H,24,32)(H,26,27)(H,28,29). The first-order chi connectivity index (χ1) is 15.0. The van der Waals surface area contributed by atoms with Crippen molar-refractivity contribution in [1.82, 2.24) is 25.9 Å². The molecule has 0 spiro atoms. The van der Waals surface area contributed by atoms with Crippen molar-refractivity contribution in [2.24, 2.45) is 11.5 Å². The number of nitrogens with one attached hydrogen (secondary N) is 4. The monoisotopic (exact) mass is 455 g/mol. The van der Waals surface area contributed by atoms with E-state index in [1.807, 2.05) is 5.32 Å². The summed E-state index contributed by atoms with van der Waals surface area (Å²) in [6, 6.07) is -4.05. The fourth-order valence-corrected chi connectivity index (χ4v) is 2.51. The minimum atomic E-state index is -1.54. The second kappa shape index (κ2) is 12.6. The maximum absolute atomic E-state index is 12.6. The Bertz CT molecular complexity index is 842. The van der Waals surface area contributed by atoms with Gasteiger partial charge in [-0.15, -0.1) is 0 Å². The van der Waals surface area contributed by atoms with E-state index in [2.05, 4.69) is 20.6 Å². The molecule has 4 amide bonds.